The number of allylic oxidation sites excluding steroid dienone is 2. The number of fused-ring (bicyclic) bond motifs is 8. The summed E-state index contributed by atoms with van der Waals surface area (Å²) in [6.45, 7) is 17.9. The summed E-state index contributed by atoms with van der Waals surface area (Å²) in [4.78, 5) is 19.2. The Labute approximate surface area is 270 Å². The number of carbonyl (C=O) groups is 1. The Hall–Kier alpha value is -2.13. The van der Waals surface area contributed by atoms with Crippen LogP contribution in [0.2, 0.25) is 5.15 Å². The Morgan fingerprint density at radius 3 is 2.43 bits per heavy atom. The predicted molar refractivity (Wildman–Crippen MR) is 178 cm³/mol. The standard InChI is InChI=1S/C40H52ClNO2/c1-25-17-20-40(35(43)44-24-27-11-9-8-10-12-27)22-21-38(6)29(33(40)26(25)2)14-15-31-37(5)23-28-13-16-32(41)42-34(28)36(3,4)30(37)18-19-39(31,38)7/h8-14,16,25-26,30-31,33H,15,17-24H2,1-7H3/t25-,26+,30+,31-,33+,37+,38-,39-,40+/m1/s1. The van der Waals surface area contributed by atoms with Crippen LogP contribution in [-0.4, -0.2) is 11.0 Å². The predicted octanol–water partition coefficient (Wildman–Crippen LogP) is 10.1. The molecule has 3 fully saturated rings. The molecule has 1 aromatic carbocycles. The van der Waals surface area contributed by atoms with E-state index in [0.29, 0.717) is 35.4 Å². The Kier molecular flexibility index (Phi) is 7.06. The van der Waals surface area contributed by atoms with Gasteiger partial charge in [-0.1, -0.05) is 108 Å². The molecule has 5 aliphatic carbocycles. The summed E-state index contributed by atoms with van der Waals surface area (Å²) in [7, 11) is 0. The fraction of sp³-hybridized carbons (Fsp3) is 0.650. The minimum atomic E-state index is -0.410. The maximum atomic E-state index is 14.3. The second kappa shape index (κ2) is 10.2. The SMILES string of the molecule is C[C@H]1[C@H](C)CC[C@]2(C(=O)OCc3ccccc3)CC[C@]3(C)C(=CC[C@@H]4[C@@]5(C)Cc6ccc(Cl)nc6C(C)(C)[C@@H]5CC[C@]43C)[C@H]12. The van der Waals surface area contributed by atoms with E-state index in [0.717, 1.165) is 44.1 Å². The molecule has 4 heteroatoms. The Morgan fingerprint density at radius 2 is 1.68 bits per heavy atom. The smallest absolute Gasteiger partial charge is 0.313 e. The molecule has 3 nitrogen and oxygen atoms in total. The number of nitrogens with zero attached hydrogens (tertiary/aromatic N) is 1. The van der Waals surface area contributed by atoms with Crippen molar-refractivity contribution in [2.24, 2.45) is 51.2 Å². The van der Waals surface area contributed by atoms with Gasteiger partial charge in [-0.15, -0.1) is 0 Å². The van der Waals surface area contributed by atoms with E-state index >= 15 is 0 Å². The average Bonchev–Trinajstić information content (AvgIpc) is 2.99. The molecule has 0 aliphatic heterocycles. The van der Waals surface area contributed by atoms with Crippen molar-refractivity contribution in [3.63, 3.8) is 0 Å². The molecule has 0 unspecified atom stereocenters. The lowest BCUT2D eigenvalue weighted by atomic mass is 9.33. The lowest BCUT2D eigenvalue weighted by molar-refractivity contribution is -0.184. The Bertz CT molecular complexity index is 1500. The summed E-state index contributed by atoms with van der Waals surface area (Å²) in [5.74, 6) is 2.52. The highest BCUT2D eigenvalue weighted by Gasteiger charge is 2.69. The lowest BCUT2D eigenvalue weighted by Gasteiger charge is -2.71. The van der Waals surface area contributed by atoms with Crippen LogP contribution in [0.1, 0.15) is 110 Å². The van der Waals surface area contributed by atoms with Crippen LogP contribution in [0.25, 0.3) is 0 Å². The second-order valence-electron chi connectivity index (χ2n) is 16.9. The first-order valence-corrected chi connectivity index (χ1v) is 17.7. The van der Waals surface area contributed by atoms with E-state index in [1.165, 1.54) is 24.1 Å². The normalized spacial score (nSPS) is 42.0. The van der Waals surface area contributed by atoms with Gasteiger partial charge in [0.2, 0.25) is 0 Å². The van der Waals surface area contributed by atoms with Crippen molar-refractivity contribution in [3.05, 3.63) is 76.1 Å². The average molecular weight is 614 g/mol. The van der Waals surface area contributed by atoms with Gasteiger partial charge in [0, 0.05) is 5.41 Å². The monoisotopic (exact) mass is 613 g/mol. The maximum absolute atomic E-state index is 14.3. The van der Waals surface area contributed by atoms with Crippen LogP contribution in [0.3, 0.4) is 0 Å². The van der Waals surface area contributed by atoms with Crippen molar-refractivity contribution in [3.8, 4) is 0 Å². The number of aromatic nitrogens is 1. The van der Waals surface area contributed by atoms with E-state index in [1.807, 2.05) is 24.3 Å². The first-order valence-electron chi connectivity index (χ1n) is 17.4. The van der Waals surface area contributed by atoms with E-state index < -0.39 is 5.41 Å². The molecule has 2 aromatic rings. The summed E-state index contributed by atoms with van der Waals surface area (Å²) < 4.78 is 6.23. The van der Waals surface area contributed by atoms with Crippen LogP contribution in [0.4, 0.5) is 0 Å². The van der Waals surface area contributed by atoms with E-state index in [4.69, 9.17) is 21.3 Å². The molecule has 0 N–H and O–H groups in total. The van der Waals surface area contributed by atoms with E-state index in [1.54, 1.807) is 5.57 Å². The fourth-order valence-corrected chi connectivity index (χ4v) is 12.4. The number of esters is 1. The van der Waals surface area contributed by atoms with Crippen LogP contribution in [0, 0.1) is 51.2 Å². The highest BCUT2D eigenvalue weighted by molar-refractivity contribution is 6.29. The van der Waals surface area contributed by atoms with Gasteiger partial charge in [-0.05, 0) is 114 Å². The first kappa shape index (κ1) is 30.5. The zero-order valence-corrected chi connectivity index (χ0v) is 28.8. The van der Waals surface area contributed by atoms with Crippen LogP contribution >= 0.6 is 11.6 Å². The molecule has 236 valence electrons. The number of pyridine rings is 1. The topological polar surface area (TPSA) is 39.2 Å². The first-order chi connectivity index (χ1) is 20.8. The van der Waals surface area contributed by atoms with E-state index in [9.17, 15) is 4.79 Å². The van der Waals surface area contributed by atoms with Gasteiger partial charge < -0.3 is 4.74 Å². The summed E-state index contributed by atoms with van der Waals surface area (Å²) in [6.07, 6.45) is 11.4. The van der Waals surface area contributed by atoms with Crippen molar-refractivity contribution in [2.75, 3.05) is 0 Å². The third-order valence-electron chi connectivity index (χ3n) is 14.9. The van der Waals surface area contributed by atoms with Crippen molar-refractivity contribution in [2.45, 2.75) is 112 Å². The fourth-order valence-electron chi connectivity index (χ4n) is 12.2. The number of ether oxygens (including phenoxy) is 1. The molecule has 1 aromatic heterocycles. The Morgan fingerprint density at radius 1 is 0.932 bits per heavy atom. The van der Waals surface area contributed by atoms with Gasteiger partial charge in [-0.3, -0.25) is 4.79 Å². The zero-order valence-electron chi connectivity index (χ0n) is 28.0. The van der Waals surface area contributed by atoms with Gasteiger partial charge in [0.1, 0.15) is 11.8 Å². The van der Waals surface area contributed by atoms with Crippen molar-refractivity contribution < 1.29 is 9.53 Å². The molecule has 0 spiro atoms. The van der Waals surface area contributed by atoms with Crippen molar-refractivity contribution in [1.82, 2.24) is 4.98 Å². The summed E-state index contributed by atoms with van der Waals surface area (Å²) in [5, 5.41) is 0.614. The van der Waals surface area contributed by atoms with Crippen molar-refractivity contribution >= 4 is 17.6 Å². The molecule has 0 bridgehead atoms. The van der Waals surface area contributed by atoms with E-state index in [-0.39, 0.29) is 33.5 Å². The molecule has 5 aliphatic rings. The molecular weight excluding hydrogens is 562 g/mol. The summed E-state index contributed by atoms with van der Waals surface area (Å²) in [5.41, 5.74) is 5.28. The van der Waals surface area contributed by atoms with Gasteiger partial charge >= 0.3 is 5.97 Å². The second-order valence-corrected chi connectivity index (χ2v) is 17.3. The highest BCUT2D eigenvalue weighted by atomic mass is 35.5. The summed E-state index contributed by atoms with van der Waals surface area (Å²) in [6, 6.07) is 14.4. The molecule has 9 atom stereocenters. The van der Waals surface area contributed by atoms with E-state index in [2.05, 4.69) is 72.7 Å². The third-order valence-corrected chi connectivity index (χ3v) is 15.1. The van der Waals surface area contributed by atoms with Crippen LogP contribution in [-0.2, 0) is 28.0 Å². The molecule has 0 amide bonds. The van der Waals surface area contributed by atoms with Gasteiger partial charge in [-0.2, -0.15) is 0 Å². The molecule has 7 rings (SSSR count). The number of hydrogen-bond acceptors (Lipinski definition) is 3. The van der Waals surface area contributed by atoms with Crippen molar-refractivity contribution in [1.29, 1.82) is 0 Å². The number of carbonyl (C=O) groups excluding carboxylic acids is 1. The quantitative estimate of drug-likeness (QED) is 0.196. The van der Waals surface area contributed by atoms with Crippen LogP contribution < -0.4 is 0 Å². The van der Waals surface area contributed by atoms with Gasteiger partial charge in [-0.25, -0.2) is 4.98 Å². The lowest BCUT2D eigenvalue weighted by Crippen LogP contribution is -2.65. The number of rotatable bonds is 3. The van der Waals surface area contributed by atoms with Gasteiger partial charge in [0.05, 0.1) is 11.1 Å². The zero-order chi connectivity index (χ0) is 31.3. The van der Waals surface area contributed by atoms with Crippen LogP contribution in [0.5, 0.6) is 0 Å². The molecule has 0 radical (unpaired) electrons. The molecule has 3 saturated carbocycles. The molecular formula is C40H52ClNO2. The number of hydrogen-bond donors (Lipinski definition) is 0. The Balaban J connectivity index is 1.27. The molecule has 1 heterocycles. The van der Waals surface area contributed by atoms with Gasteiger partial charge in [0.25, 0.3) is 0 Å². The van der Waals surface area contributed by atoms with Gasteiger partial charge in [0.15, 0.2) is 0 Å². The largest absolute Gasteiger partial charge is 0.460 e. The minimum absolute atomic E-state index is 0.0169. The number of benzene rings is 1. The molecule has 0 saturated heterocycles. The highest BCUT2D eigenvalue weighted by Crippen LogP contribution is 2.75. The minimum Gasteiger partial charge on any atom is -0.460 e. The molecule has 44 heavy (non-hydrogen) atoms. The summed E-state index contributed by atoms with van der Waals surface area (Å²) >= 11 is 6.45. The number of halogens is 1. The van der Waals surface area contributed by atoms with Crippen LogP contribution in [0.15, 0.2) is 54.1 Å². The third kappa shape index (κ3) is 4.06. The maximum Gasteiger partial charge on any atom is 0.313 e.